The van der Waals surface area contributed by atoms with E-state index >= 15 is 0 Å². The van der Waals surface area contributed by atoms with Crippen LogP contribution in [0.2, 0.25) is 0 Å². The zero-order valence-electron chi connectivity index (χ0n) is 37.9. The SMILES string of the molecule is c1ccc2c(c1)c1ccccc1c1ncccc21.c1ccc2c(c1)ccn1ccnc21.c1ccc2c(c1)ccn1ccnc21.c1ccc2c(c1)ccn1ccnc21.c1ccc2c(c1)ccn1ccnc21. The molecule has 332 valence electrons. The van der Waals surface area contributed by atoms with E-state index in [4.69, 9.17) is 0 Å². The predicted octanol–water partition coefficient (Wildman–Crippen LogP) is 14.5. The minimum atomic E-state index is 1.03. The standard InChI is InChI=1S/C17H11N.4C11H8N2/c1-2-7-14-12(6-1)13-8-3-4-9-15(13)17-16(14)10-5-11-18-17;4*1-2-4-10-9(3-1)5-7-13-8-6-12-11(10)13/h1-11H;4*1-8H. The van der Waals surface area contributed by atoms with Crippen LogP contribution in [0.1, 0.15) is 0 Å². The zero-order chi connectivity index (χ0) is 46.6. The molecule has 0 bridgehead atoms. The van der Waals surface area contributed by atoms with Crippen molar-refractivity contribution in [2.24, 2.45) is 0 Å². The van der Waals surface area contributed by atoms with Gasteiger partial charge >= 0.3 is 0 Å². The summed E-state index contributed by atoms with van der Waals surface area (Å²) in [5, 5.41) is 16.1. The highest BCUT2D eigenvalue weighted by Gasteiger charge is 2.08. The molecular formula is C61H43N9. The monoisotopic (exact) mass is 901 g/mol. The molecule has 9 aromatic heterocycles. The maximum absolute atomic E-state index is 4.56. The van der Waals surface area contributed by atoms with E-state index in [-0.39, 0.29) is 0 Å². The molecule has 0 aliphatic carbocycles. The van der Waals surface area contributed by atoms with Gasteiger partial charge in [0.25, 0.3) is 0 Å². The maximum atomic E-state index is 4.56. The Hall–Kier alpha value is -9.73. The van der Waals surface area contributed by atoms with E-state index in [0.29, 0.717) is 0 Å². The maximum Gasteiger partial charge on any atom is 0.144 e. The number of pyridine rings is 5. The molecule has 0 atom stereocenters. The van der Waals surface area contributed by atoms with Crippen LogP contribution in [0.3, 0.4) is 0 Å². The second kappa shape index (κ2) is 18.5. The Morgan fingerprint density at radius 1 is 0.200 bits per heavy atom. The lowest BCUT2D eigenvalue weighted by Crippen LogP contribution is -1.84. The van der Waals surface area contributed by atoms with Gasteiger partial charge in [-0.15, -0.1) is 0 Å². The molecule has 0 amide bonds. The number of hydrogen-bond donors (Lipinski definition) is 0. The Morgan fingerprint density at radius 2 is 0.457 bits per heavy atom. The fourth-order valence-corrected chi connectivity index (χ4v) is 9.31. The van der Waals surface area contributed by atoms with Gasteiger partial charge in [0.2, 0.25) is 0 Å². The van der Waals surface area contributed by atoms with Crippen LogP contribution in [0.5, 0.6) is 0 Å². The van der Waals surface area contributed by atoms with Crippen LogP contribution in [0.15, 0.2) is 263 Å². The van der Waals surface area contributed by atoms with E-state index in [1.54, 1.807) is 0 Å². The molecule has 9 heterocycles. The summed E-state index contributed by atoms with van der Waals surface area (Å²) in [6.45, 7) is 0. The van der Waals surface area contributed by atoms with E-state index < -0.39 is 0 Å². The first-order valence-electron chi connectivity index (χ1n) is 23.1. The minimum Gasteiger partial charge on any atom is -0.307 e. The molecule has 0 unspecified atom stereocenters. The van der Waals surface area contributed by atoms with Gasteiger partial charge in [-0.05, 0) is 68.0 Å². The summed E-state index contributed by atoms with van der Waals surface area (Å²) < 4.78 is 8.12. The molecule has 0 spiro atoms. The Balaban J connectivity index is 0.0000000907. The minimum absolute atomic E-state index is 1.03. The van der Waals surface area contributed by atoms with E-state index in [9.17, 15) is 0 Å². The Bertz CT molecular complexity index is 3820. The van der Waals surface area contributed by atoms with E-state index in [1.165, 1.54) is 70.0 Å². The third-order valence-corrected chi connectivity index (χ3v) is 12.6. The van der Waals surface area contributed by atoms with Gasteiger partial charge in [0.15, 0.2) is 0 Å². The number of fused-ring (bicyclic) bond motifs is 18. The van der Waals surface area contributed by atoms with Crippen molar-refractivity contribution in [1.82, 2.24) is 42.5 Å². The van der Waals surface area contributed by atoms with Gasteiger partial charge in [0.05, 0.1) is 5.52 Å². The van der Waals surface area contributed by atoms with Crippen LogP contribution in [-0.4, -0.2) is 42.5 Å². The summed E-state index contributed by atoms with van der Waals surface area (Å²) in [5.41, 5.74) is 5.19. The molecule has 16 rings (SSSR count). The molecule has 0 saturated heterocycles. The topological polar surface area (TPSA) is 82.1 Å². The number of nitrogens with zero attached hydrogens (tertiary/aromatic N) is 9. The van der Waals surface area contributed by atoms with Crippen molar-refractivity contribution in [2.75, 3.05) is 0 Å². The molecule has 0 aliphatic rings. The summed E-state index contributed by atoms with van der Waals surface area (Å²) in [6, 6.07) is 62.7. The molecule has 0 saturated carbocycles. The van der Waals surface area contributed by atoms with E-state index in [0.717, 1.165) is 28.1 Å². The van der Waals surface area contributed by atoms with Gasteiger partial charge in [0, 0.05) is 113 Å². The molecule has 7 aromatic carbocycles. The Labute approximate surface area is 401 Å². The van der Waals surface area contributed by atoms with Crippen molar-refractivity contribution in [2.45, 2.75) is 0 Å². The van der Waals surface area contributed by atoms with Crippen molar-refractivity contribution in [1.29, 1.82) is 0 Å². The summed E-state index contributed by atoms with van der Waals surface area (Å²) in [6.07, 6.45) is 25.1. The van der Waals surface area contributed by atoms with Crippen LogP contribution in [0.4, 0.5) is 0 Å². The fourth-order valence-electron chi connectivity index (χ4n) is 9.31. The molecule has 16 aromatic rings. The Kier molecular flexibility index (Phi) is 11.0. The summed E-state index contributed by atoms with van der Waals surface area (Å²) in [5.74, 6) is 0. The highest BCUT2D eigenvalue weighted by Crippen LogP contribution is 2.33. The van der Waals surface area contributed by atoms with Gasteiger partial charge in [-0.2, -0.15) is 0 Å². The van der Waals surface area contributed by atoms with Gasteiger partial charge in [-0.1, -0.05) is 152 Å². The second-order valence-corrected chi connectivity index (χ2v) is 16.7. The van der Waals surface area contributed by atoms with Gasteiger partial charge in [0.1, 0.15) is 22.6 Å². The van der Waals surface area contributed by atoms with Crippen molar-refractivity contribution in [3.8, 4) is 0 Å². The highest BCUT2D eigenvalue weighted by atomic mass is 15.0. The van der Waals surface area contributed by atoms with Crippen LogP contribution < -0.4 is 0 Å². The number of aromatic nitrogens is 9. The number of hydrogen-bond acceptors (Lipinski definition) is 5. The lowest BCUT2D eigenvalue weighted by molar-refractivity contribution is 1.20. The molecule has 0 fully saturated rings. The highest BCUT2D eigenvalue weighted by molar-refractivity contribution is 6.24. The molecule has 0 N–H and O–H groups in total. The van der Waals surface area contributed by atoms with Gasteiger partial charge in [-0.3, -0.25) is 4.98 Å². The lowest BCUT2D eigenvalue weighted by atomic mass is 9.97. The largest absolute Gasteiger partial charge is 0.307 e. The molecular weight excluding hydrogens is 859 g/mol. The van der Waals surface area contributed by atoms with Crippen molar-refractivity contribution in [3.63, 3.8) is 0 Å². The first-order chi connectivity index (χ1) is 34.7. The van der Waals surface area contributed by atoms with Crippen molar-refractivity contribution < 1.29 is 0 Å². The number of imidazole rings is 4. The second-order valence-electron chi connectivity index (χ2n) is 16.7. The van der Waals surface area contributed by atoms with Crippen LogP contribution in [-0.2, 0) is 0 Å². The fraction of sp³-hybridized carbons (Fsp3) is 0. The van der Waals surface area contributed by atoms with Gasteiger partial charge in [-0.25, -0.2) is 19.9 Å². The average molecular weight is 902 g/mol. The lowest BCUT2D eigenvalue weighted by Gasteiger charge is -2.08. The van der Waals surface area contributed by atoms with Gasteiger partial charge < -0.3 is 17.6 Å². The van der Waals surface area contributed by atoms with E-state index in [2.05, 4.69) is 152 Å². The normalized spacial score (nSPS) is 11.1. The summed E-state index contributed by atoms with van der Waals surface area (Å²) >= 11 is 0. The third-order valence-electron chi connectivity index (χ3n) is 12.6. The quantitative estimate of drug-likeness (QED) is 0.142. The average Bonchev–Trinajstić information content (AvgIpc) is 4.30. The third kappa shape index (κ3) is 7.93. The van der Waals surface area contributed by atoms with Crippen LogP contribution in [0, 0.1) is 0 Å². The number of benzene rings is 7. The predicted molar refractivity (Wildman–Crippen MR) is 288 cm³/mol. The summed E-state index contributed by atoms with van der Waals surface area (Å²) in [7, 11) is 0. The Morgan fingerprint density at radius 3 is 0.786 bits per heavy atom. The molecule has 9 nitrogen and oxygen atoms in total. The van der Waals surface area contributed by atoms with E-state index in [1.807, 2.05) is 153 Å². The number of rotatable bonds is 0. The van der Waals surface area contributed by atoms with Crippen molar-refractivity contribution in [3.05, 3.63) is 263 Å². The van der Waals surface area contributed by atoms with Crippen LogP contribution >= 0.6 is 0 Å². The smallest absolute Gasteiger partial charge is 0.144 e. The first-order valence-corrected chi connectivity index (χ1v) is 23.1. The summed E-state index contributed by atoms with van der Waals surface area (Å²) in [4.78, 5) is 21.8. The molecule has 0 aliphatic heterocycles. The molecule has 70 heavy (non-hydrogen) atoms. The first kappa shape index (κ1) is 41.7. The zero-order valence-corrected chi connectivity index (χ0v) is 37.9. The molecule has 9 heteroatoms. The van der Waals surface area contributed by atoms with Crippen LogP contribution in [0.25, 0.3) is 98.1 Å². The molecule has 0 radical (unpaired) electrons. The van der Waals surface area contributed by atoms with Crippen molar-refractivity contribution >= 4 is 98.1 Å².